The number of rotatable bonds is 4. The number of anilines is 1. The van der Waals surface area contributed by atoms with Crippen molar-refractivity contribution in [2.75, 3.05) is 12.1 Å². The third kappa shape index (κ3) is 3.79. The summed E-state index contributed by atoms with van der Waals surface area (Å²) in [7, 11) is 0. The van der Waals surface area contributed by atoms with Gasteiger partial charge in [0.25, 0.3) is 0 Å². The van der Waals surface area contributed by atoms with E-state index in [9.17, 15) is 13.2 Å². The van der Waals surface area contributed by atoms with Crippen molar-refractivity contribution < 1.29 is 22.6 Å². The van der Waals surface area contributed by atoms with Gasteiger partial charge in [-0.15, -0.1) is 0 Å². The molecule has 27 heavy (non-hydrogen) atoms. The molecule has 138 valence electrons. The number of hydrogen-bond acceptors (Lipinski definition) is 5. The molecule has 5 nitrogen and oxygen atoms in total. The molecule has 4 rings (SSSR count). The normalized spacial score (nSPS) is 12.9. The van der Waals surface area contributed by atoms with E-state index < -0.39 is 11.7 Å². The van der Waals surface area contributed by atoms with Crippen LogP contribution in [0, 0.1) is 0 Å². The van der Waals surface area contributed by atoms with Crippen LogP contribution in [0.2, 0.25) is 0 Å². The van der Waals surface area contributed by atoms with Gasteiger partial charge in [-0.05, 0) is 42.0 Å². The fraction of sp³-hybridized carbons (Fsp3) is 0.158. The Hall–Kier alpha value is -3.29. The zero-order valence-electron chi connectivity index (χ0n) is 14.0. The molecular weight excluding hydrogens is 359 g/mol. The van der Waals surface area contributed by atoms with Crippen molar-refractivity contribution in [1.29, 1.82) is 0 Å². The number of halogens is 3. The van der Waals surface area contributed by atoms with Crippen molar-refractivity contribution in [3.63, 3.8) is 0 Å². The van der Waals surface area contributed by atoms with Crippen molar-refractivity contribution in [3.05, 3.63) is 65.9 Å². The maximum Gasteiger partial charge on any atom is 0.416 e. The Morgan fingerprint density at radius 1 is 1.00 bits per heavy atom. The molecule has 0 aliphatic carbocycles. The summed E-state index contributed by atoms with van der Waals surface area (Å²) in [5, 5.41) is 3.03. The average Bonchev–Trinajstić information content (AvgIpc) is 3.14. The number of nitrogens with zero attached hydrogens (tertiary/aromatic N) is 2. The van der Waals surface area contributed by atoms with Crippen LogP contribution in [0.25, 0.3) is 11.4 Å². The molecule has 0 amide bonds. The molecule has 0 atom stereocenters. The number of fused-ring (bicyclic) bond motifs is 1. The van der Waals surface area contributed by atoms with Gasteiger partial charge < -0.3 is 14.8 Å². The van der Waals surface area contributed by atoms with Crippen molar-refractivity contribution >= 4 is 5.82 Å². The zero-order chi connectivity index (χ0) is 18.9. The highest BCUT2D eigenvalue weighted by Crippen LogP contribution is 2.35. The number of aromatic nitrogens is 2. The van der Waals surface area contributed by atoms with Gasteiger partial charge in [0.2, 0.25) is 6.79 Å². The van der Waals surface area contributed by atoms with Gasteiger partial charge in [-0.1, -0.05) is 12.1 Å². The van der Waals surface area contributed by atoms with Crippen molar-refractivity contribution in [3.8, 4) is 22.9 Å². The Morgan fingerprint density at radius 2 is 1.85 bits per heavy atom. The molecule has 2 heterocycles. The van der Waals surface area contributed by atoms with E-state index in [1.54, 1.807) is 30.5 Å². The van der Waals surface area contributed by atoms with Crippen LogP contribution in [0.1, 0.15) is 11.1 Å². The molecule has 0 unspecified atom stereocenters. The SMILES string of the molecule is FC(F)(F)c1cccc(CNc2ccnc(-c3ccc4c(c3)OCO4)n2)c1. The molecule has 8 heteroatoms. The van der Waals surface area contributed by atoms with Gasteiger partial charge in [-0.2, -0.15) is 13.2 Å². The highest BCUT2D eigenvalue weighted by atomic mass is 19.4. The maximum atomic E-state index is 12.8. The minimum atomic E-state index is -4.36. The minimum Gasteiger partial charge on any atom is -0.454 e. The first kappa shape index (κ1) is 17.1. The molecule has 1 aliphatic rings. The molecule has 0 spiro atoms. The molecule has 3 aromatic rings. The first-order chi connectivity index (χ1) is 13.0. The second kappa shape index (κ2) is 6.79. The summed E-state index contributed by atoms with van der Waals surface area (Å²) < 4.78 is 49.0. The largest absolute Gasteiger partial charge is 0.454 e. The predicted octanol–water partition coefficient (Wildman–Crippen LogP) is 4.50. The van der Waals surface area contributed by atoms with E-state index in [0.29, 0.717) is 28.7 Å². The fourth-order valence-electron chi connectivity index (χ4n) is 2.68. The van der Waals surface area contributed by atoms with Gasteiger partial charge in [-0.3, -0.25) is 0 Å². The summed E-state index contributed by atoms with van der Waals surface area (Å²) in [6.45, 7) is 0.389. The van der Waals surface area contributed by atoms with E-state index in [0.717, 1.165) is 17.7 Å². The van der Waals surface area contributed by atoms with Crippen molar-refractivity contribution in [2.45, 2.75) is 12.7 Å². The monoisotopic (exact) mass is 373 g/mol. The van der Waals surface area contributed by atoms with E-state index in [4.69, 9.17) is 9.47 Å². The van der Waals surface area contributed by atoms with Crippen LogP contribution in [0.4, 0.5) is 19.0 Å². The smallest absolute Gasteiger partial charge is 0.416 e. The number of hydrogen-bond donors (Lipinski definition) is 1. The third-order valence-corrected chi connectivity index (χ3v) is 4.01. The molecule has 0 saturated carbocycles. The van der Waals surface area contributed by atoms with Crippen LogP contribution >= 0.6 is 0 Å². The first-order valence-corrected chi connectivity index (χ1v) is 8.12. The zero-order valence-corrected chi connectivity index (χ0v) is 14.0. The quantitative estimate of drug-likeness (QED) is 0.730. The van der Waals surface area contributed by atoms with E-state index in [2.05, 4.69) is 15.3 Å². The van der Waals surface area contributed by atoms with Crippen LogP contribution in [0.15, 0.2) is 54.7 Å². The van der Waals surface area contributed by atoms with Crippen molar-refractivity contribution in [2.24, 2.45) is 0 Å². The third-order valence-electron chi connectivity index (χ3n) is 4.01. The summed E-state index contributed by atoms with van der Waals surface area (Å²) >= 11 is 0. The van der Waals surface area contributed by atoms with Crippen LogP contribution in [-0.2, 0) is 12.7 Å². The lowest BCUT2D eigenvalue weighted by atomic mass is 10.1. The van der Waals surface area contributed by atoms with E-state index >= 15 is 0 Å². The molecule has 0 radical (unpaired) electrons. The predicted molar refractivity (Wildman–Crippen MR) is 92.4 cm³/mol. The molecular formula is C19H14F3N3O2. The Labute approximate surface area is 152 Å². The van der Waals surface area contributed by atoms with Gasteiger partial charge in [0, 0.05) is 18.3 Å². The van der Waals surface area contributed by atoms with E-state index in [-0.39, 0.29) is 13.3 Å². The fourth-order valence-corrected chi connectivity index (χ4v) is 2.68. The summed E-state index contributed by atoms with van der Waals surface area (Å²) in [6.07, 6.45) is -2.78. The lowest BCUT2D eigenvalue weighted by Gasteiger charge is -2.10. The Balaban J connectivity index is 1.50. The van der Waals surface area contributed by atoms with Crippen LogP contribution < -0.4 is 14.8 Å². The lowest BCUT2D eigenvalue weighted by Crippen LogP contribution is -2.07. The van der Waals surface area contributed by atoms with Crippen LogP contribution in [-0.4, -0.2) is 16.8 Å². The molecule has 1 aromatic heterocycles. The molecule has 0 fully saturated rings. The van der Waals surface area contributed by atoms with Crippen molar-refractivity contribution in [1.82, 2.24) is 9.97 Å². The Kier molecular flexibility index (Phi) is 4.31. The second-order valence-electron chi connectivity index (χ2n) is 5.89. The lowest BCUT2D eigenvalue weighted by molar-refractivity contribution is -0.137. The van der Waals surface area contributed by atoms with Gasteiger partial charge in [0.05, 0.1) is 5.56 Å². The number of ether oxygens (including phenoxy) is 2. The maximum absolute atomic E-state index is 12.8. The number of alkyl halides is 3. The van der Waals surface area contributed by atoms with Crippen LogP contribution in [0.3, 0.4) is 0 Å². The Morgan fingerprint density at radius 3 is 2.70 bits per heavy atom. The van der Waals surface area contributed by atoms with Gasteiger partial charge >= 0.3 is 6.18 Å². The van der Waals surface area contributed by atoms with E-state index in [1.807, 2.05) is 6.07 Å². The summed E-state index contributed by atoms with van der Waals surface area (Å²) in [5.41, 5.74) is 0.584. The Bertz CT molecular complexity index is 976. The first-order valence-electron chi connectivity index (χ1n) is 8.12. The van der Waals surface area contributed by atoms with Crippen LogP contribution in [0.5, 0.6) is 11.5 Å². The molecule has 0 bridgehead atoms. The van der Waals surface area contributed by atoms with Gasteiger partial charge in [-0.25, -0.2) is 9.97 Å². The standard InChI is InChI=1S/C19H14F3N3O2/c20-19(21,22)14-3-1-2-12(8-14)10-24-17-6-7-23-18(25-17)13-4-5-15-16(9-13)27-11-26-15/h1-9H,10-11H2,(H,23,24,25). The molecule has 2 aromatic carbocycles. The van der Waals surface area contributed by atoms with Gasteiger partial charge in [0.15, 0.2) is 17.3 Å². The van der Waals surface area contributed by atoms with Gasteiger partial charge in [0.1, 0.15) is 5.82 Å². The highest BCUT2D eigenvalue weighted by molar-refractivity contribution is 5.62. The minimum absolute atomic E-state index is 0.179. The molecule has 1 N–H and O–H groups in total. The second-order valence-corrected chi connectivity index (χ2v) is 5.89. The highest BCUT2D eigenvalue weighted by Gasteiger charge is 2.30. The summed E-state index contributed by atoms with van der Waals surface area (Å²) in [4.78, 5) is 8.65. The van der Waals surface area contributed by atoms with E-state index in [1.165, 1.54) is 6.07 Å². The summed E-state index contributed by atoms with van der Waals surface area (Å²) in [5.74, 6) is 2.27. The number of nitrogens with one attached hydrogen (secondary N) is 1. The number of benzene rings is 2. The summed E-state index contributed by atoms with van der Waals surface area (Å²) in [6, 6.07) is 12.2. The average molecular weight is 373 g/mol. The topological polar surface area (TPSA) is 56.3 Å². The molecule has 1 aliphatic heterocycles. The molecule has 0 saturated heterocycles.